The number of rotatable bonds is 5. The molecular formula is C14H13BrN2O4S. The number of hydrogen-bond acceptors (Lipinski definition) is 4. The van der Waals surface area contributed by atoms with E-state index in [1.54, 1.807) is 25.1 Å². The number of nitrogens with one attached hydrogen (secondary N) is 1. The lowest BCUT2D eigenvalue weighted by Crippen LogP contribution is -2.13. The number of nitrogens with zero attached hydrogens (tertiary/aromatic N) is 1. The van der Waals surface area contributed by atoms with Crippen LogP contribution in [0.5, 0.6) is 0 Å². The van der Waals surface area contributed by atoms with E-state index < -0.39 is 14.9 Å². The minimum Gasteiger partial charge on any atom is -0.279 e. The standard InChI is InChI=1S/C14H13BrN2O4S/c1-2-10-3-6-12(9-14(10)17(18)19)16-22(20,21)13-7-4-11(15)5-8-13/h3-9,16H,2H2,1H3. The number of benzene rings is 2. The predicted molar refractivity (Wildman–Crippen MR) is 87.4 cm³/mol. The van der Waals surface area contributed by atoms with Gasteiger partial charge in [0, 0.05) is 16.1 Å². The predicted octanol–water partition coefficient (Wildman–Crippen LogP) is 3.72. The summed E-state index contributed by atoms with van der Waals surface area (Å²) in [7, 11) is -3.79. The normalized spacial score (nSPS) is 11.2. The molecular weight excluding hydrogens is 372 g/mol. The summed E-state index contributed by atoms with van der Waals surface area (Å²) in [5.41, 5.74) is 0.613. The molecule has 0 spiro atoms. The number of halogens is 1. The van der Waals surface area contributed by atoms with Crippen LogP contribution in [0.25, 0.3) is 0 Å². The Morgan fingerprint density at radius 1 is 1.18 bits per heavy atom. The van der Waals surface area contributed by atoms with Crippen molar-refractivity contribution in [2.45, 2.75) is 18.2 Å². The lowest BCUT2D eigenvalue weighted by atomic mass is 10.1. The van der Waals surface area contributed by atoms with Crippen molar-refractivity contribution in [3.05, 3.63) is 62.6 Å². The van der Waals surface area contributed by atoms with Crippen LogP contribution in [0.2, 0.25) is 0 Å². The van der Waals surface area contributed by atoms with Gasteiger partial charge in [0.1, 0.15) is 0 Å². The van der Waals surface area contributed by atoms with Gasteiger partial charge in [-0.1, -0.05) is 28.9 Å². The lowest BCUT2D eigenvalue weighted by Gasteiger charge is -2.09. The summed E-state index contributed by atoms with van der Waals surface area (Å²) in [6.45, 7) is 1.80. The number of nitro groups is 1. The molecule has 8 heteroatoms. The van der Waals surface area contributed by atoms with Crippen molar-refractivity contribution in [1.29, 1.82) is 0 Å². The highest BCUT2D eigenvalue weighted by Crippen LogP contribution is 2.25. The zero-order chi connectivity index (χ0) is 16.3. The Morgan fingerprint density at radius 3 is 2.36 bits per heavy atom. The van der Waals surface area contributed by atoms with Crippen molar-refractivity contribution in [2.24, 2.45) is 0 Å². The summed E-state index contributed by atoms with van der Waals surface area (Å²) < 4.78 is 27.6. The molecule has 0 radical (unpaired) electrons. The first kappa shape index (κ1) is 16.4. The molecule has 0 unspecified atom stereocenters. The van der Waals surface area contributed by atoms with Crippen LogP contribution in [0.4, 0.5) is 11.4 Å². The monoisotopic (exact) mass is 384 g/mol. The molecule has 0 amide bonds. The van der Waals surface area contributed by atoms with Crippen LogP contribution in [0.1, 0.15) is 12.5 Å². The highest BCUT2D eigenvalue weighted by Gasteiger charge is 2.18. The maximum absolute atomic E-state index is 12.3. The van der Waals surface area contributed by atoms with Crippen LogP contribution in [-0.2, 0) is 16.4 Å². The molecule has 0 aromatic heterocycles. The fraction of sp³-hybridized carbons (Fsp3) is 0.143. The SMILES string of the molecule is CCc1ccc(NS(=O)(=O)c2ccc(Br)cc2)cc1[N+](=O)[O-]. The van der Waals surface area contributed by atoms with Crippen LogP contribution in [0.3, 0.4) is 0 Å². The first-order chi connectivity index (χ1) is 10.3. The number of hydrogen-bond donors (Lipinski definition) is 1. The van der Waals surface area contributed by atoms with Crippen LogP contribution < -0.4 is 4.72 Å². The zero-order valence-corrected chi connectivity index (χ0v) is 14.0. The van der Waals surface area contributed by atoms with E-state index in [9.17, 15) is 18.5 Å². The first-order valence-corrected chi connectivity index (χ1v) is 8.67. The van der Waals surface area contributed by atoms with Gasteiger partial charge in [-0.25, -0.2) is 8.42 Å². The summed E-state index contributed by atoms with van der Waals surface area (Å²) >= 11 is 3.23. The van der Waals surface area contributed by atoms with Gasteiger partial charge in [-0.2, -0.15) is 0 Å². The van der Waals surface area contributed by atoms with Crippen molar-refractivity contribution in [1.82, 2.24) is 0 Å². The van der Waals surface area contributed by atoms with Gasteiger partial charge in [-0.05, 0) is 36.8 Å². The van der Waals surface area contributed by atoms with Gasteiger partial charge in [0.2, 0.25) is 0 Å². The Bertz CT molecular complexity index is 804. The fourth-order valence-corrected chi connectivity index (χ4v) is 3.24. The highest BCUT2D eigenvalue weighted by molar-refractivity contribution is 9.10. The largest absolute Gasteiger partial charge is 0.279 e. The van der Waals surface area contributed by atoms with Gasteiger partial charge < -0.3 is 0 Å². The molecule has 1 N–H and O–H groups in total. The van der Waals surface area contributed by atoms with Gasteiger partial charge >= 0.3 is 0 Å². The van der Waals surface area contributed by atoms with Crippen LogP contribution in [0.15, 0.2) is 51.8 Å². The average Bonchev–Trinajstić information content (AvgIpc) is 2.47. The molecule has 6 nitrogen and oxygen atoms in total. The maximum atomic E-state index is 12.3. The second-order valence-corrected chi connectivity index (χ2v) is 7.11. The van der Waals surface area contributed by atoms with Crippen molar-refractivity contribution < 1.29 is 13.3 Å². The quantitative estimate of drug-likeness (QED) is 0.628. The van der Waals surface area contributed by atoms with Crippen LogP contribution in [0, 0.1) is 10.1 Å². The molecule has 2 aromatic carbocycles. The second-order valence-electron chi connectivity index (χ2n) is 4.51. The Hall–Kier alpha value is -1.93. The summed E-state index contributed by atoms with van der Waals surface area (Å²) in [6.07, 6.45) is 0.496. The Morgan fingerprint density at radius 2 is 1.82 bits per heavy atom. The molecule has 0 saturated carbocycles. The summed E-state index contributed by atoms with van der Waals surface area (Å²) in [5.74, 6) is 0. The summed E-state index contributed by atoms with van der Waals surface area (Å²) in [4.78, 5) is 10.6. The first-order valence-electron chi connectivity index (χ1n) is 6.39. The molecule has 0 saturated heterocycles. The fourth-order valence-electron chi connectivity index (χ4n) is 1.92. The van der Waals surface area contributed by atoms with Gasteiger partial charge in [0.05, 0.1) is 15.5 Å². The topological polar surface area (TPSA) is 89.3 Å². The van der Waals surface area contributed by atoms with E-state index in [-0.39, 0.29) is 16.3 Å². The van der Waals surface area contributed by atoms with E-state index in [1.807, 2.05) is 0 Å². The van der Waals surface area contributed by atoms with Crippen molar-refractivity contribution >= 4 is 37.3 Å². The summed E-state index contributed by atoms with van der Waals surface area (Å²) in [5, 5.41) is 11.0. The van der Waals surface area contributed by atoms with Crippen molar-refractivity contribution in [3.63, 3.8) is 0 Å². The molecule has 0 aliphatic rings. The van der Waals surface area contributed by atoms with E-state index in [0.29, 0.717) is 12.0 Å². The van der Waals surface area contributed by atoms with Gasteiger partial charge in [0.25, 0.3) is 15.7 Å². The molecule has 0 fully saturated rings. The van der Waals surface area contributed by atoms with Gasteiger partial charge in [-0.3, -0.25) is 14.8 Å². The van der Waals surface area contributed by atoms with Gasteiger partial charge in [0.15, 0.2) is 0 Å². The molecule has 2 aromatic rings. The molecule has 0 aliphatic carbocycles. The number of anilines is 1. The zero-order valence-electron chi connectivity index (χ0n) is 11.6. The Kier molecular flexibility index (Phi) is 4.82. The van der Waals surface area contributed by atoms with E-state index in [4.69, 9.17) is 0 Å². The third-order valence-electron chi connectivity index (χ3n) is 3.04. The van der Waals surface area contributed by atoms with E-state index in [1.165, 1.54) is 24.3 Å². The molecule has 0 aliphatic heterocycles. The van der Waals surface area contributed by atoms with Gasteiger partial charge in [-0.15, -0.1) is 0 Å². The van der Waals surface area contributed by atoms with E-state index in [0.717, 1.165) is 4.47 Å². The number of nitro benzene ring substituents is 1. The molecule has 22 heavy (non-hydrogen) atoms. The average molecular weight is 385 g/mol. The Labute approximate surface area is 136 Å². The molecule has 0 heterocycles. The van der Waals surface area contributed by atoms with Crippen molar-refractivity contribution in [3.8, 4) is 0 Å². The van der Waals surface area contributed by atoms with E-state index >= 15 is 0 Å². The molecule has 116 valence electrons. The maximum Gasteiger partial charge on any atom is 0.274 e. The molecule has 2 rings (SSSR count). The third kappa shape index (κ3) is 3.63. The smallest absolute Gasteiger partial charge is 0.274 e. The van der Waals surface area contributed by atoms with Crippen molar-refractivity contribution in [2.75, 3.05) is 4.72 Å². The lowest BCUT2D eigenvalue weighted by molar-refractivity contribution is -0.385. The summed E-state index contributed by atoms with van der Waals surface area (Å²) in [6, 6.07) is 10.4. The minimum absolute atomic E-state index is 0.0814. The number of sulfonamides is 1. The second kappa shape index (κ2) is 6.45. The highest BCUT2D eigenvalue weighted by atomic mass is 79.9. The number of aryl methyl sites for hydroxylation is 1. The minimum atomic E-state index is -3.79. The van der Waals surface area contributed by atoms with Crippen LogP contribution >= 0.6 is 15.9 Å². The molecule has 0 atom stereocenters. The Balaban J connectivity index is 2.35. The van der Waals surface area contributed by atoms with Crippen LogP contribution in [-0.4, -0.2) is 13.3 Å². The molecule has 0 bridgehead atoms. The third-order valence-corrected chi connectivity index (χ3v) is 4.96. The van der Waals surface area contributed by atoms with E-state index in [2.05, 4.69) is 20.7 Å².